The minimum atomic E-state index is 0.997. The Labute approximate surface area is 91.0 Å². The SMILES string of the molecule is CCCCN(C)Cc1csc(CC)n1. The summed E-state index contributed by atoms with van der Waals surface area (Å²) in [6, 6.07) is 0. The summed E-state index contributed by atoms with van der Waals surface area (Å²) in [5, 5.41) is 3.44. The van der Waals surface area contributed by atoms with Crippen LogP contribution in [0.25, 0.3) is 0 Å². The first-order valence-electron chi connectivity index (χ1n) is 5.38. The molecule has 3 heteroatoms. The van der Waals surface area contributed by atoms with Gasteiger partial charge in [-0.1, -0.05) is 20.3 Å². The zero-order valence-corrected chi connectivity index (χ0v) is 10.2. The third-order valence-electron chi connectivity index (χ3n) is 2.23. The Hall–Kier alpha value is -0.410. The molecule has 14 heavy (non-hydrogen) atoms. The zero-order valence-electron chi connectivity index (χ0n) is 9.42. The Morgan fingerprint density at radius 2 is 2.21 bits per heavy atom. The van der Waals surface area contributed by atoms with Crippen molar-refractivity contribution in [3.05, 3.63) is 16.1 Å². The Balaban J connectivity index is 2.35. The number of hydrogen-bond donors (Lipinski definition) is 0. The fourth-order valence-corrected chi connectivity index (χ4v) is 2.10. The summed E-state index contributed by atoms with van der Waals surface area (Å²) in [6.07, 6.45) is 3.60. The van der Waals surface area contributed by atoms with E-state index in [9.17, 15) is 0 Å². The summed E-state index contributed by atoms with van der Waals surface area (Å²) >= 11 is 1.78. The van der Waals surface area contributed by atoms with Gasteiger partial charge in [-0.3, -0.25) is 0 Å². The van der Waals surface area contributed by atoms with Gasteiger partial charge >= 0.3 is 0 Å². The van der Waals surface area contributed by atoms with Crippen molar-refractivity contribution in [2.75, 3.05) is 13.6 Å². The zero-order chi connectivity index (χ0) is 10.4. The normalized spacial score (nSPS) is 11.1. The lowest BCUT2D eigenvalue weighted by Crippen LogP contribution is -2.19. The lowest BCUT2D eigenvalue weighted by Gasteiger charge is -2.13. The van der Waals surface area contributed by atoms with Gasteiger partial charge in [0.1, 0.15) is 0 Å². The molecule has 0 aliphatic heterocycles. The molecule has 80 valence electrons. The first-order valence-corrected chi connectivity index (χ1v) is 6.26. The van der Waals surface area contributed by atoms with Gasteiger partial charge in [0.2, 0.25) is 0 Å². The van der Waals surface area contributed by atoms with Crippen molar-refractivity contribution >= 4 is 11.3 Å². The van der Waals surface area contributed by atoms with Crippen LogP contribution < -0.4 is 0 Å². The standard InChI is InChI=1S/C11H20N2S/c1-4-6-7-13(3)8-10-9-14-11(5-2)12-10/h9H,4-8H2,1-3H3. The summed E-state index contributed by atoms with van der Waals surface area (Å²) in [4.78, 5) is 6.90. The molecule has 0 radical (unpaired) electrons. The van der Waals surface area contributed by atoms with Gasteiger partial charge < -0.3 is 4.90 Å². The van der Waals surface area contributed by atoms with Crippen LogP contribution in [0.1, 0.15) is 37.4 Å². The van der Waals surface area contributed by atoms with Crippen molar-refractivity contribution in [1.29, 1.82) is 0 Å². The molecule has 1 aromatic rings. The highest BCUT2D eigenvalue weighted by atomic mass is 32.1. The molecule has 0 aliphatic rings. The van der Waals surface area contributed by atoms with Gasteiger partial charge in [0.25, 0.3) is 0 Å². The maximum Gasteiger partial charge on any atom is 0.0926 e. The number of unbranched alkanes of at least 4 members (excludes halogenated alkanes) is 1. The van der Waals surface area contributed by atoms with E-state index in [0.717, 1.165) is 13.0 Å². The summed E-state index contributed by atoms with van der Waals surface area (Å²) < 4.78 is 0. The average molecular weight is 212 g/mol. The predicted octanol–water partition coefficient (Wildman–Crippen LogP) is 2.94. The van der Waals surface area contributed by atoms with Crippen LogP contribution in [0.15, 0.2) is 5.38 Å². The van der Waals surface area contributed by atoms with Gasteiger partial charge in [0, 0.05) is 11.9 Å². The molecule has 0 bridgehead atoms. The summed E-state index contributed by atoms with van der Waals surface area (Å²) in [5.41, 5.74) is 1.23. The molecule has 2 nitrogen and oxygen atoms in total. The van der Waals surface area contributed by atoms with Gasteiger partial charge in [-0.25, -0.2) is 4.98 Å². The molecule has 0 N–H and O–H groups in total. The van der Waals surface area contributed by atoms with E-state index in [0.29, 0.717) is 0 Å². The molecule has 0 aliphatic carbocycles. The van der Waals surface area contributed by atoms with Gasteiger partial charge in [-0.15, -0.1) is 11.3 Å². The van der Waals surface area contributed by atoms with Gasteiger partial charge in [0.15, 0.2) is 0 Å². The number of nitrogens with zero attached hydrogens (tertiary/aromatic N) is 2. The molecular formula is C11H20N2S. The van der Waals surface area contributed by atoms with E-state index in [1.165, 1.54) is 30.1 Å². The van der Waals surface area contributed by atoms with Gasteiger partial charge in [0.05, 0.1) is 10.7 Å². The molecule has 0 unspecified atom stereocenters. The number of thiazole rings is 1. The maximum absolute atomic E-state index is 4.55. The van der Waals surface area contributed by atoms with E-state index in [1.807, 2.05) is 0 Å². The smallest absolute Gasteiger partial charge is 0.0926 e. The Morgan fingerprint density at radius 1 is 1.43 bits per heavy atom. The number of rotatable bonds is 6. The second-order valence-electron chi connectivity index (χ2n) is 3.68. The second-order valence-corrected chi connectivity index (χ2v) is 4.62. The average Bonchev–Trinajstić information content (AvgIpc) is 2.62. The minimum absolute atomic E-state index is 0.997. The largest absolute Gasteiger partial charge is 0.301 e. The number of aromatic nitrogens is 1. The van der Waals surface area contributed by atoms with E-state index >= 15 is 0 Å². The molecule has 0 amide bonds. The highest BCUT2D eigenvalue weighted by molar-refractivity contribution is 7.09. The molecule has 0 saturated heterocycles. The maximum atomic E-state index is 4.55. The van der Waals surface area contributed by atoms with Crippen LogP contribution in [-0.2, 0) is 13.0 Å². The van der Waals surface area contributed by atoms with Crippen LogP contribution in [0.3, 0.4) is 0 Å². The highest BCUT2D eigenvalue weighted by Crippen LogP contribution is 2.11. The Kier molecular flexibility index (Phi) is 5.12. The van der Waals surface area contributed by atoms with Crippen molar-refractivity contribution in [1.82, 2.24) is 9.88 Å². The molecule has 0 fully saturated rings. The summed E-state index contributed by atoms with van der Waals surface area (Å²) in [5.74, 6) is 0. The van der Waals surface area contributed by atoms with Crippen LogP contribution >= 0.6 is 11.3 Å². The van der Waals surface area contributed by atoms with Crippen molar-refractivity contribution in [3.8, 4) is 0 Å². The lowest BCUT2D eigenvalue weighted by atomic mass is 10.3. The molecular weight excluding hydrogens is 192 g/mol. The predicted molar refractivity (Wildman–Crippen MR) is 62.7 cm³/mol. The Bertz CT molecular complexity index is 258. The Morgan fingerprint density at radius 3 is 2.79 bits per heavy atom. The molecule has 1 aromatic heterocycles. The number of aryl methyl sites for hydroxylation is 1. The van der Waals surface area contributed by atoms with Crippen molar-refractivity contribution < 1.29 is 0 Å². The fourth-order valence-electron chi connectivity index (χ4n) is 1.37. The quantitative estimate of drug-likeness (QED) is 0.721. The van der Waals surface area contributed by atoms with E-state index in [2.05, 4.69) is 36.2 Å². The first-order chi connectivity index (χ1) is 6.76. The van der Waals surface area contributed by atoms with Crippen LogP contribution in [-0.4, -0.2) is 23.5 Å². The van der Waals surface area contributed by atoms with Gasteiger partial charge in [-0.05, 0) is 26.4 Å². The first kappa shape index (κ1) is 11.7. The van der Waals surface area contributed by atoms with E-state index in [4.69, 9.17) is 0 Å². The lowest BCUT2D eigenvalue weighted by molar-refractivity contribution is 0.317. The minimum Gasteiger partial charge on any atom is -0.301 e. The van der Waals surface area contributed by atoms with Crippen LogP contribution in [0.5, 0.6) is 0 Å². The highest BCUT2D eigenvalue weighted by Gasteiger charge is 2.03. The molecule has 0 saturated carbocycles. The van der Waals surface area contributed by atoms with Crippen molar-refractivity contribution in [2.45, 2.75) is 39.7 Å². The molecule has 0 aromatic carbocycles. The van der Waals surface area contributed by atoms with E-state index < -0.39 is 0 Å². The molecule has 0 spiro atoms. The third-order valence-corrected chi connectivity index (χ3v) is 3.27. The van der Waals surface area contributed by atoms with Crippen molar-refractivity contribution in [2.24, 2.45) is 0 Å². The molecule has 1 heterocycles. The second kappa shape index (κ2) is 6.14. The monoisotopic (exact) mass is 212 g/mol. The van der Waals surface area contributed by atoms with E-state index in [-0.39, 0.29) is 0 Å². The third kappa shape index (κ3) is 3.76. The van der Waals surface area contributed by atoms with Crippen LogP contribution in [0.4, 0.5) is 0 Å². The summed E-state index contributed by atoms with van der Waals surface area (Å²) in [7, 11) is 2.17. The van der Waals surface area contributed by atoms with Gasteiger partial charge in [-0.2, -0.15) is 0 Å². The number of hydrogen-bond acceptors (Lipinski definition) is 3. The van der Waals surface area contributed by atoms with Crippen LogP contribution in [0.2, 0.25) is 0 Å². The summed E-state index contributed by atoms with van der Waals surface area (Å²) in [6.45, 7) is 6.56. The van der Waals surface area contributed by atoms with Crippen molar-refractivity contribution in [3.63, 3.8) is 0 Å². The fraction of sp³-hybridized carbons (Fsp3) is 0.727. The molecule has 1 rings (SSSR count). The molecule has 0 atom stereocenters. The van der Waals surface area contributed by atoms with Crippen LogP contribution in [0, 0.1) is 0 Å². The van der Waals surface area contributed by atoms with E-state index in [1.54, 1.807) is 11.3 Å². The topological polar surface area (TPSA) is 16.1 Å².